The van der Waals surface area contributed by atoms with Crippen molar-refractivity contribution >= 4 is 17.2 Å². The van der Waals surface area contributed by atoms with Gasteiger partial charge in [0.05, 0.1) is 26.3 Å². The Morgan fingerprint density at radius 1 is 1.13 bits per heavy atom. The highest BCUT2D eigenvalue weighted by Crippen LogP contribution is 2.36. The van der Waals surface area contributed by atoms with E-state index < -0.39 is 0 Å². The minimum atomic E-state index is 0.132. The van der Waals surface area contributed by atoms with Gasteiger partial charge in [-0.25, -0.2) is 4.98 Å². The molecule has 1 amide bonds. The summed E-state index contributed by atoms with van der Waals surface area (Å²) in [5, 5.41) is 2.85. The Morgan fingerprint density at radius 3 is 2.55 bits per heavy atom. The number of aromatic nitrogens is 1. The normalized spacial score (nSPS) is 14.2. The molecule has 1 unspecified atom stereocenters. The predicted octanol–water partition coefficient (Wildman–Crippen LogP) is 5.20. The summed E-state index contributed by atoms with van der Waals surface area (Å²) < 4.78 is 10.7. The maximum atomic E-state index is 13.3. The van der Waals surface area contributed by atoms with Gasteiger partial charge in [-0.2, -0.15) is 0 Å². The molecule has 0 saturated heterocycles. The van der Waals surface area contributed by atoms with Gasteiger partial charge >= 0.3 is 0 Å². The smallest absolute Gasteiger partial charge is 0.229 e. The summed E-state index contributed by atoms with van der Waals surface area (Å²) in [5.74, 6) is 2.10. The maximum absolute atomic E-state index is 13.3. The standard InChI is InChI=1S/C25H28N2O3S/c1-17(19-9-10-19)27(15-18-7-5-4-6-8-18)24(28)14-21-16-31-25(26-21)20-11-12-22(29-2)23(13-20)30-3/h4-8,11-13,16-17,19H,9-10,14-15H2,1-3H3. The molecule has 1 fully saturated rings. The van der Waals surface area contributed by atoms with Gasteiger partial charge in [0.1, 0.15) is 5.01 Å². The van der Waals surface area contributed by atoms with Crippen LogP contribution in [0, 0.1) is 5.92 Å². The lowest BCUT2D eigenvalue weighted by molar-refractivity contribution is -0.133. The second kappa shape index (κ2) is 9.52. The molecule has 6 heteroatoms. The van der Waals surface area contributed by atoms with Crippen molar-refractivity contribution in [3.05, 3.63) is 65.2 Å². The fourth-order valence-electron chi connectivity index (χ4n) is 3.82. The second-order valence-corrected chi connectivity index (χ2v) is 8.83. The third-order valence-electron chi connectivity index (χ3n) is 5.83. The zero-order chi connectivity index (χ0) is 21.8. The number of ether oxygens (including phenoxy) is 2. The Morgan fingerprint density at radius 2 is 1.87 bits per heavy atom. The minimum absolute atomic E-state index is 0.132. The molecule has 1 aliphatic rings. The van der Waals surface area contributed by atoms with Crippen LogP contribution < -0.4 is 9.47 Å². The zero-order valence-corrected chi connectivity index (χ0v) is 19.0. The molecule has 4 rings (SSSR count). The largest absolute Gasteiger partial charge is 0.493 e. The van der Waals surface area contributed by atoms with Crippen LogP contribution in [0.25, 0.3) is 10.6 Å². The summed E-state index contributed by atoms with van der Waals surface area (Å²) in [4.78, 5) is 20.0. The lowest BCUT2D eigenvalue weighted by Gasteiger charge is -2.29. The molecule has 1 aromatic heterocycles. The number of hydrogen-bond donors (Lipinski definition) is 0. The quantitative estimate of drug-likeness (QED) is 0.463. The molecule has 0 N–H and O–H groups in total. The average molecular weight is 437 g/mol. The molecule has 0 spiro atoms. The first-order valence-corrected chi connectivity index (χ1v) is 11.5. The Labute approximate surface area is 187 Å². The van der Waals surface area contributed by atoms with Crippen LogP contribution in [0.1, 0.15) is 31.0 Å². The molecule has 5 nitrogen and oxygen atoms in total. The van der Waals surface area contributed by atoms with Crippen molar-refractivity contribution in [2.24, 2.45) is 5.92 Å². The number of thiazole rings is 1. The van der Waals surface area contributed by atoms with E-state index in [1.54, 1.807) is 25.6 Å². The molecule has 3 aromatic rings. The van der Waals surface area contributed by atoms with Crippen LogP contribution in [0.2, 0.25) is 0 Å². The Hall–Kier alpha value is -2.86. The number of rotatable bonds is 9. The molecular weight excluding hydrogens is 408 g/mol. The van der Waals surface area contributed by atoms with Crippen molar-refractivity contribution in [2.75, 3.05) is 14.2 Å². The van der Waals surface area contributed by atoms with Gasteiger partial charge in [0.25, 0.3) is 0 Å². The van der Waals surface area contributed by atoms with Crippen LogP contribution in [-0.2, 0) is 17.8 Å². The van der Waals surface area contributed by atoms with Crippen LogP contribution in [0.5, 0.6) is 11.5 Å². The number of carbonyl (C=O) groups is 1. The van der Waals surface area contributed by atoms with Gasteiger partial charge in [0.15, 0.2) is 11.5 Å². The van der Waals surface area contributed by atoms with Crippen LogP contribution in [-0.4, -0.2) is 36.1 Å². The molecule has 2 aromatic carbocycles. The fourth-order valence-corrected chi connectivity index (χ4v) is 4.64. The monoisotopic (exact) mass is 436 g/mol. The summed E-state index contributed by atoms with van der Waals surface area (Å²) in [6.07, 6.45) is 2.73. The summed E-state index contributed by atoms with van der Waals surface area (Å²) in [5.41, 5.74) is 2.92. The first kappa shape index (κ1) is 21.4. The molecule has 1 aliphatic carbocycles. The van der Waals surface area contributed by atoms with Gasteiger partial charge in [-0.15, -0.1) is 11.3 Å². The first-order chi connectivity index (χ1) is 15.1. The molecule has 0 radical (unpaired) electrons. The Balaban J connectivity index is 1.50. The van der Waals surface area contributed by atoms with Crippen LogP contribution in [0.3, 0.4) is 0 Å². The van der Waals surface area contributed by atoms with E-state index in [2.05, 4.69) is 19.1 Å². The number of nitrogens with zero attached hydrogens (tertiary/aromatic N) is 2. The van der Waals surface area contributed by atoms with Gasteiger partial charge in [-0.1, -0.05) is 30.3 Å². The van der Waals surface area contributed by atoms with Crippen molar-refractivity contribution in [3.8, 4) is 22.1 Å². The summed E-state index contributed by atoms with van der Waals surface area (Å²) >= 11 is 1.54. The van der Waals surface area contributed by atoms with E-state index >= 15 is 0 Å². The van der Waals surface area contributed by atoms with Gasteiger partial charge in [-0.05, 0) is 49.4 Å². The molecule has 0 bridgehead atoms. The number of hydrogen-bond acceptors (Lipinski definition) is 5. The van der Waals surface area contributed by atoms with E-state index in [0.29, 0.717) is 30.4 Å². The highest BCUT2D eigenvalue weighted by Gasteiger charge is 2.34. The van der Waals surface area contributed by atoms with E-state index in [1.165, 1.54) is 12.8 Å². The summed E-state index contributed by atoms with van der Waals surface area (Å²) in [6, 6.07) is 16.2. The minimum Gasteiger partial charge on any atom is -0.493 e. The van der Waals surface area contributed by atoms with Crippen molar-refractivity contribution in [3.63, 3.8) is 0 Å². The number of methoxy groups -OCH3 is 2. The van der Waals surface area contributed by atoms with Crippen molar-refractivity contribution in [1.82, 2.24) is 9.88 Å². The van der Waals surface area contributed by atoms with E-state index in [9.17, 15) is 4.79 Å². The van der Waals surface area contributed by atoms with Gasteiger partial charge in [-0.3, -0.25) is 4.79 Å². The zero-order valence-electron chi connectivity index (χ0n) is 18.2. The predicted molar refractivity (Wildman–Crippen MR) is 124 cm³/mol. The number of benzene rings is 2. The molecule has 1 atom stereocenters. The number of amides is 1. The third kappa shape index (κ3) is 5.07. The van der Waals surface area contributed by atoms with Gasteiger partial charge in [0, 0.05) is 23.5 Å². The van der Waals surface area contributed by atoms with Crippen molar-refractivity contribution < 1.29 is 14.3 Å². The van der Waals surface area contributed by atoms with Crippen LogP contribution in [0.15, 0.2) is 53.9 Å². The molecule has 162 valence electrons. The van der Waals surface area contributed by atoms with Crippen molar-refractivity contribution in [2.45, 2.75) is 38.8 Å². The highest BCUT2D eigenvalue weighted by molar-refractivity contribution is 7.13. The average Bonchev–Trinajstić information content (AvgIpc) is 3.56. The number of carbonyl (C=O) groups excluding carboxylic acids is 1. The van der Waals surface area contributed by atoms with Gasteiger partial charge < -0.3 is 14.4 Å². The van der Waals surface area contributed by atoms with Gasteiger partial charge in [0.2, 0.25) is 5.91 Å². The summed E-state index contributed by atoms with van der Waals surface area (Å²) in [7, 11) is 3.24. The molecule has 0 aliphatic heterocycles. The lowest BCUT2D eigenvalue weighted by atomic mass is 10.1. The second-order valence-electron chi connectivity index (χ2n) is 7.98. The topological polar surface area (TPSA) is 51.7 Å². The van der Waals surface area contributed by atoms with E-state index in [-0.39, 0.29) is 11.9 Å². The molecule has 1 heterocycles. The lowest BCUT2D eigenvalue weighted by Crippen LogP contribution is -2.40. The summed E-state index contributed by atoms with van der Waals surface area (Å²) in [6.45, 7) is 2.82. The first-order valence-electron chi connectivity index (χ1n) is 10.6. The van der Waals surface area contributed by atoms with Crippen LogP contribution in [0.4, 0.5) is 0 Å². The fraction of sp³-hybridized carbons (Fsp3) is 0.360. The molecule has 31 heavy (non-hydrogen) atoms. The SMILES string of the molecule is COc1ccc(-c2nc(CC(=O)N(Cc3ccccc3)C(C)C3CC3)cs2)cc1OC. The maximum Gasteiger partial charge on any atom is 0.229 e. The Kier molecular flexibility index (Phi) is 6.56. The Bertz CT molecular complexity index is 1030. The third-order valence-corrected chi connectivity index (χ3v) is 6.77. The van der Waals surface area contributed by atoms with E-state index in [0.717, 1.165) is 21.8 Å². The van der Waals surface area contributed by atoms with E-state index in [4.69, 9.17) is 14.5 Å². The molecular formula is C25H28N2O3S. The molecule has 1 saturated carbocycles. The van der Waals surface area contributed by atoms with Crippen LogP contribution >= 0.6 is 11.3 Å². The highest BCUT2D eigenvalue weighted by atomic mass is 32.1. The van der Waals surface area contributed by atoms with Crippen molar-refractivity contribution in [1.29, 1.82) is 0 Å². The van der Waals surface area contributed by atoms with E-state index in [1.807, 2.05) is 46.7 Å².